The zero-order valence-corrected chi connectivity index (χ0v) is 5.77. The number of nitrogens with two attached hydrogens (primary N) is 1. The lowest BCUT2D eigenvalue weighted by Gasteiger charge is -2.21. The lowest BCUT2D eigenvalue weighted by atomic mass is 9.98. The summed E-state index contributed by atoms with van der Waals surface area (Å²) in [5.74, 6) is 0. The van der Waals surface area contributed by atoms with Crippen LogP contribution in [0.2, 0.25) is 0 Å². The third-order valence-electron chi connectivity index (χ3n) is 1.27. The molecule has 1 unspecified atom stereocenters. The SMILES string of the molecule is CC(N)(CCC#N)C(F)F. The van der Waals surface area contributed by atoms with Crippen LogP contribution in [0.25, 0.3) is 0 Å². The predicted molar refractivity (Wildman–Crippen MR) is 33.4 cm³/mol. The molecule has 2 N–H and O–H groups in total. The molecule has 10 heavy (non-hydrogen) atoms. The zero-order valence-electron chi connectivity index (χ0n) is 5.77. The van der Waals surface area contributed by atoms with Gasteiger partial charge in [0.1, 0.15) is 0 Å². The van der Waals surface area contributed by atoms with Crippen LogP contribution >= 0.6 is 0 Å². The van der Waals surface area contributed by atoms with Crippen LogP contribution in [0.4, 0.5) is 8.78 Å². The Balaban J connectivity index is 3.77. The molecule has 0 saturated carbocycles. The van der Waals surface area contributed by atoms with Gasteiger partial charge in [0, 0.05) is 6.42 Å². The van der Waals surface area contributed by atoms with E-state index in [4.69, 9.17) is 11.0 Å². The number of nitriles is 1. The third-order valence-corrected chi connectivity index (χ3v) is 1.27. The lowest BCUT2D eigenvalue weighted by Crippen LogP contribution is -2.43. The van der Waals surface area contributed by atoms with E-state index in [-0.39, 0.29) is 12.8 Å². The van der Waals surface area contributed by atoms with Gasteiger partial charge < -0.3 is 5.73 Å². The molecule has 0 radical (unpaired) electrons. The molecule has 0 spiro atoms. The fourth-order valence-electron chi connectivity index (χ4n) is 0.434. The van der Waals surface area contributed by atoms with Crippen molar-refractivity contribution in [3.8, 4) is 6.07 Å². The molecule has 1 atom stereocenters. The van der Waals surface area contributed by atoms with Gasteiger partial charge in [0.15, 0.2) is 0 Å². The molecule has 0 saturated heterocycles. The summed E-state index contributed by atoms with van der Waals surface area (Å²) in [5.41, 5.74) is 3.64. The first-order valence-electron chi connectivity index (χ1n) is 2.94. The number of hydrogen-bond donors (Lipinski definition) is 1. The summed E-state index contributed by atoms with van der Waals surface area (Å²) < 4.78 is 23.8. The minimum absolute atomic E-state index is 0.0428. The smallest absolute Gasteiger partial charge is 0.256 e. The van der Waals surface area contributed by atoms with Gasteiger partial charge in [-0.2, -0.15) is 5.26 Å². The number of halogens is 2. The Bertz CT molecular complexity index is 137. The van der Waals surface area contributed by atoms with Crippen molar-refractivity contribution in [2.24, 2.45) is 5.73 Å². The van der Waals surface area contributed by atoms with Crippen LogP contribution < -0.4 is 5.73 Å². The predicted octanol–water partition coefficient (Wildman–Crippen LogP) is 1.27. The Labute approximate surface area is 58.6 Å². The van der Waals surface area contributed by atoms with Crippen LogP contribution in [0.3, 0.4) is 0 Å². The Hall–Kier alpha value is -0.690. The molecule has 0 fully saturated rings. The molecule has 0 aliphatic carbocycles. The van der Waals surface area contributed by atoms with Crippen LogP contribution in [0.15, 0.2) is 0 Å². The van der Waals surface area contributed by atoms with Crippen molar-refractivity contribution in [1.29, 1.82) is 5.26 Å². The quantitative estimate of drug-likeness (QED) is 0.655. The maximum Gasteiger partial charge on any atom is 0.256 e. The fourth-order valence-corrected chi connectivity index (χ4v) is 0.434. The molecule has 0 aromatic heterocycles. The lowest BCUT2D eigenvalue weighted by molar-refractivity contribution is 0.0597. The molecule has 0 rings (SSSR count). The van der Waals surface area contributed by atoms with E-state index in [0.717, 1.165) is 0 Å². The van der Waals surface area contributed by atoms with Gasteiger partial charge in [-0.25, -0.2) is 8.78 Å². The molecule has 0 aliphatic rings. The molecular weight excluding hydrogens is 138 g/mol. The minimum atomic E-state index is -2.55. The van der Waals surface area contributed by atoms with Crippen LogP contribution in [0.5, 0.6) is 0 Å². The van der Waals surface area contributed by atoms with Gasteiger partial charge in [0.25, 0.3) is 6.43 Å². The van der Waals surface area contributed by atoms with Crippen LogP contribution in [0, 0.1) is 11.3 Å². The van der Waals surface area contributed by atoms with Gasteiger partial charge in [-0.3, -0.25) is 0 Å². The first-order chi connectivity index (χ1) is 4.50. The van der Waals surface area contributed by atoms with E-state index in [1.54, 1.807) is 6.07 Å². The monoisotopic (exact) mass is 148 g/mol. The van der Waals surface area contributed by atoms with E-state index in [2.05, 4.69) is 0 Å². The van der Waals surface area contributed by atoms with E-state index < -0.39 is 12.0 Å². The van der Waals surface area contributed by atoms with E-state index in [1.165, 1.54) is 6.92 Å². The number of hydrogen-bond acceptors (Lipinski definition) is 2. The molecule has 0 aromatic rings. The highest BCUT2D eigenvalue weighted by molar-refractivity contribution is 4.85. The highest BCUT2D eigenvalue weighted by atomic mass is 19.3. The Kier molecular flexibility index (Phi) is 3.23. The van der Waals surface area contributed by atoms with Crippen molar-refractivity contribution in [3.05, 3.63) is 0 Å². The first-order valence-corrected chi connectivity index (χ1v) is 2.94. The van der Waals surface area contributed by atoms with Gasteiger partial charge in [0.05, 0.1) is 11.6 Å². The molecule has 2 nitrogen and oxygen atoms in total. The second kappa shape index (κ2) is 3.47. The van der Waals surface area contributed by atoms with E-state index in [1.807, 2.05) is 0 Å². The van der Waals surface area contributed by atoms with Crippen molar-refractivity contribution < 1.29 is 8.78 Å². The van der Waals surface area contributed by atoms with Crippen molar-refractivity contribution in [2.45, 2.75) is 31.7 Å². The van der Waals surface area contributed by atoms with Crippen LogP contribution in [-0.2, 0) is 0 Å². The van der Waals surface area contributed by atoms with Crippen LogP contribution in [0.1, 0.15) is 19.8 Å². The number of alkyl halides is 2. The van der Waals surface area contributed by atoms with Crippen molar-refractivity contribution in [2.75, 3.05) is 0 Å². The molecule has 0 aromatic carbocycles. The summed E-state index contributed by atoms with van der Waals surface area (Å²) >= 11 is 0. The van der Waals surface area contributed by atoms with E-state index >= 15 is 0 Å². The Morgan fingerprint density at radius 3 is 2.50 bits per heavy atom. The van der Waals surface area contributed by atoms with Gasteiger partial charge >= 0.3 is 0 Å². The second-order valence-corrected chi connectivity index (χ2v) is 2.46. The standard InChI is InChI=1S/C6H10F2N2/c1-6(10,5(7)8)3-2-4-9/h5H,2-3,10H2,1H3. The molecule has 0 bridgehead atoms. The zero-order chi connectivity index (χ0) is 8.20. The maximum atomic E-state index is 11.9. The van der Waals surface area contributed by atoms with Gasteiger partial charge in [-0.15, -0.1) is 0 Å². The largest absolute Gasteiger partial charge is 0.321 e. The molecule has 4 heteroatoms. The maximum absolute atomic E-state index is 11.9. The first kappa shape index (κ1) is 9.31. The fraction of sp³-hybridized carbons (Fsp3) is 0.833. The van der Waals surface area contributed by atoms with Gasteiger partial charge in [-0.1, -0.05) is 0 Å². The summed E-state index contributed by atoms with van der Waals surface area (Å²) in [6.45, 7) is 1.25. The van der Waals surface area contributed by atoms with E-state index in [0.29, 0.717) is 0 Å². The van der Waals surface area contributed by atoms with Crippen molar-refractivity contribution >= 4 is 0 Å². The summed E-state index contributed by atoms with van der Waals surface area (Å²) in [4.78, 5) is 0. The third kappa shape index (κ3) is 2.74. The van der Waals surface area contributed by atoms with Crippen LogP contribution in [-0.4, -0.2) is 12.0 Å². The molecule has 0 amide bonds. The van der Waals surface area contributed by atoms with E-state index in [9.17, 15) is 8.78 Å². The highest BCUT2D eigenvalue weighted by Gasteiger charge is 2.29. The second-order valence-electron chi connectivity index (χ2n) is 2.46. The summed E-state index contributed by atoms with van der Waals surface area (Å²) in [5, 5.41) is 8.06. The van der Waals surface area contributed by atoms with Crippen molar-refractivity contribution in [3.63, 3.8) is 0 Å². The average molecular weight is 148 g/mol. The highest BCUT2D eigenvalue weighted by Crippen LogP contribution is 2.17. The molecule has 0 heterocycles. The molecular formula is C6H10F2N2. The summed E-state index contributed by atoms with van der Waals surface area (Å²) in [6.07, 6.45) is -2.43. The summed E-state index contributed by atoms with van der Waals surface area (Å²) in [6, 6.07) is 1.77. The molecule has 58 valence electrons. The number of nitrogens with zero attached hydrogens (tertiary/aromatic N) is 1. The molecule has 0 aliphatic heterocycles. The summed E-state index contributed by atoms with van der Waals surface area (Å²) in [7, 11) is 0. The Morgan fingerprint density at radius 1 is 1.70 bits per heavy atom. The van der Waals surface area contributed by atoms with Gasteiger partial charge in [-0.05, 0) is 13.3 Å². The topological polar surface area (TPSA) is 49.8 Å². The minimum Gasteiger partial charge on any atom is -0.321 e. The Morgan fingerprint density at radius 2 is 2.20 bits per heavy atom. The average Bonchev–Trinajstić information content (AvgIpc) is 1.84. The van der Waals surface area contributed by atoms with Crippen molar-refractivity contribution in [1.82, 2.24) is 0 Å². The number of rotatable bonds is 3. The normalized spacial score (nSPS) is 16.4. The van der Waals surface area contributed by atoms with Gasteiger partial charge in [0.2, 0.25) is 0 Å².